The molecule has 0 N–H and O–H groups in total. The van der Waals surface area contributed by atoms with Crippen molar-refractivity contribution in [3.05, 3.63) is 64.7 Å². The lowest BCUT2D eigenvalue weighted by Gasteiger charge is -2.39. The van der Waals surface area contributed by atoms with Crippen LogP contribution in [-0.2, 0) is 0 Å². The van der Waals surface area contributed by atoms with Crippen molar-refractivity contribution < 1.29 is 0 Å². The van der Waals surface area contributed by atoms with Gasteiger partial charge in [0.25, 0.3) is 0 Å². The van der Waals surface area contributed by atoms with Crippen LogP contribution >= 0.6 is 0 Å². The van der Waals surface area contributed by atoms with Gasteiger partial charge in [-0.1, -0.05) is 36.4 Å². The fourth-order valence-electron chi connectivity index (χ4n) is 3.62. The average molecular weight is 342 g/mol. The van der Waals surface area contributed by atoms with Crippen LogP contribution in [0.25, 0.3) is 6.08 Å². The highest BCUT2D eigenvalue weighted by Gasteiger charge is 2.21. The summed E-state index contributed by atoms with van der Waals surface area (Å²) in [6.45, 7) is 8.06. The first kappa shape index (κ1) is 17.6. The maximum atomic E-state index is 9.04. The Morgan fingerprint density at radius 2 is 1.42 bits per heavy atom. The molecule has 130 valence electrons. The summed E-state index contributed by atoms with van der Waals surface area (Å²) >= 11 is 0. The van der Waals surface area contributed by atoms with E-state index >= 15 is 0 Å². The summed E-state index contributed by atoms with van der Waals surface area (Å²) in [6, 6.07) is 18.3. The van der Waals surface area contributed by atoms with Crippen molar-refractivity contribution in [3.63, 3.8) is 0 Å². The second kappa shape index (κ2) is 7.76. The summed E-state index contributed by atoms with van der Waals surface area (Å²) in [5, 5.41) is 18.1. The Bertz CT molecular complexity index is 870. The Labute approximate surface area is 155 Å². The summed E-state index contributed by atoms with van der Waals surface area (Å²) in [5.74, 6) is 0. The van der Waals surface area contributed by atoms with E-state index in [1.165, 1.54) is 16.8 Å². The Hall–Kier alpha value is -3.24. The van der Waals surface area contributed by atoms with Crippen LogP contribution in [0.2, 0.25) is 0 Å². The fourth-order valence-corrected chi connectivity index (χ4v) is 3.62. The molecule has 0 spiro atoms. The molecule has 0 unspecified atom stereocenters. The molecule has 26 heavy (non-hydrogen) atoms. The highest BCUT2D eigenvalue weighted by atomic mass is 15.3. The van der Waals surface area contributed by atoms with Gasteiger partial charge in [-0.25, -0.2) is 0 Å². The number of hydrogen-bond acceptors (Lipinski definition) is 4. The van der Waals surface area contributed by atoms with E-state index in [2.05, 4.69) is 47.9 Å². The minimum Gasteiger partial charge on any atom is -0.368 e. The molecule has 0 amide bonds. The average Bonchev–Trinajstić information content (AvgIpc) is 2.67. The molecule has 0 aliphatic carbocycles. The monoisotopic (exact) mass is 342 g/mol. The van der Waals surface area contributed by atoms with E-state index < -0.39 is 0 Å². The molecular formula is C22H22N4. The van der Waals surface area contributed by atoms with Gasteiger partial charge >= 0.3 is 0 Å². The smallest absolute Gasteiger partial charge is 0.130 e. The number of allylic oxidation sites excluding steroid dienone is 1. The molecule has 0 atom stereocenters. The first-order valence-corrected chi connectivity index (χ1v) is 8.81. The molecule has 4 heteroatoms. The van der Waals surface area contributed by atoms with Crippen LogP contribution in [0.15, 0.2) is 48.0 Å². The lowest BCUT2D eigenvalue weighted by atomic mass is 10.1. The van der Waals surface area contributed by atoms with Gasteiger partial charge in [0, 0.05) is 37.6 Å². The van der Waals surface area contributed by atoms with Crippen LogP contribution < -0.4 is 9.80 Å². The first-order valence-electron chi connectivity index (χ1n) is 8.81. The van der Waals surface area contributed by atoms with Gasteiger partial charge in [0.15, 0.2) is 0 Å². The lowest BCUT2D eigenvalue weighted by molar-refractivity contribution is 0.651. The highest BCUT2D eigenvalue weighted by molar-refractivity contribution is 5.73. The van der Waals surface area contributed by atoms with E-state index in [0.29, 0.717) is 0 Å². The normalized spacial score (nSPS) is 13.7. The second-order valence-corrected chi connectivity index (χ2v) is 6.55. The van der Waals surface area contributed by atoms with E-state index in [-0.39, 0.29) is 5.57 Å². The standard InChI is InChI=1S/C22H22N4/c1-17-6-5-7-18(2)22(17)26-12-10-25(11-13-26)21-9-4-3-8-20(21)14-19(15-23)16-24/h3-9,14H,10-13H2,1-2H3. The molecule has 2 aromatic rings. The molecule has 0 aromatic heterocycles. The molecule has 1 saturated heterocycles. The molecule has 2 aromatic carbocycles. The van der Waals surface area contributed by atoms with Gasteiger partial charge in [-0.2, -0.15) is 10.5 Å². The summed E-state index contributed by atoms with van der Waals surface area (Å²) < 4.78 is 0. The topological polar surface area (TPSA) is 54.1 Å². The van der Waals surface area contributed by atoms with Crippen LogP contribution in [0.1, 0.15) is 16.7 Å². The van der Waals surface area contributed by atoms with Gasteiger partial charge in [0.1, 0.15) is 17.7 Å². The van der Waals surface area contributed by atoms with Crippen LogP contribution in [0.3, 0.4) is 0 Å². The summed E-state index contributed by atoms with van der Waals surface area (Å²) in [5.41, 5.74) is 6.11. The van der Waals surface area contributed by atoms with Gasteiger partial charge < -0.3 is 9.80 Å². The van der Waals surface area contributed by atoms with Crippen LogP contribution in [0, 0.1) is 36.5 Å². The molecule has 0 saturated carbocycles. The molecule has 3 rings (SSSR count). The molecule has 0 bridgehead atoms. The number of hydrogen-bond donors (Lipinski definition) is 0. The summed E-state index contributed by atoms with van der Waals surface area (Å²) in [7, 11) is 0. The number of piperazine rings is 1. The minimum atomic E-state index is 0.131. The predicted molar refractivity (Wildman–Crippen MR) is 106 cm³/mol. The van der Waals surface area contributed by atoms with Crippen molar-refractivity contribution in [3.8, 4) is 12.1 Å². The van der Waals surface area contributed by atoms with Crippen LogP contribution in [0.5, 0.6) is 0 Å². The van der Waals surface area contributed by atoms with Crippen LogP contribution in [0.4, 0.5) is 11.4 Å². The molecule has 1 aliphatic heterocycles. The van der Waals surface area contributed by atoms with E-state index in [4.69, 9.17) is 10.5 Å². The van der Waals surface area contributed by atoms with Crippen molar-refractivity contribution >= 4 is 17.5 Å². The highest BCUT2D eigenvalue weighted by Crippen LogP contribution is 2.28. The third-order valence-corrected chi connectivity index (χ3v) is 4.85. The molecular weight excluding hydrogens is 320 g/mol. The van der Waals surface area contributed by atoms with E-state index in [9.17, 15) is 0 Å². The zero-order valence-corrected chi connectivity index (χ0v) is 15.2. The summed E-state index contributed by atoms with van der Waals surface area (Å²) in [4.78, 5) is 4.79. The number of anilines is 2. The number of aryl methyl sites for hydroxylation is 2. The quantitative estimate of drug-likeness (QED) is 0.789. The first-order chi connectivity index (χ1) is 12.6. The Morgan fingerprint density at radius 3 is 2.04 bits per heavy atom. The van der Waals surface area contributed by atoms with Crippen molar-refractivity contribution in [2.75, 3.05) is 36.0 Å². The summed E-state index contributed by atoms with van der Waals surface area (Å²) in [6.07, 6.45) is 1.67. The third kappa shape index (κ3) is 3.55. The van der Waals surface area contributed by atoms with Gasteiger partial charge in [-0.05, 0) is 42.7 Å². The second-order valence-electron chi connectivity index (χ2n) is 6.55. The zero-order chi connectivity index (χ0) is 18.5. The van der Waals surface area contributed by atoms with Gasteiger partial charge in [0.2, 0.25) is 0 Å². The van der Waals surface area contributed by atoms with Gasteiger partial charge in [-0.3, -0.25) is 0 Å². The molecule has 1 heterocycles. The maximum Gasteiger partial charge on any atom is 0.130 e. The van der Waals surface area contributed by atoms with Gasteiger partial charge in [-0.15, -0.1) is 0 Å². The largest absolute Gasteiger partial charge is 0.368 e. The van der Waals surface area contributed by atoms with E-state index in [1.54, 1.807) is 6.08 Å². The predicted octanol–water partition coefficient (Wildman–Crippen LogP) is 4.06. The minimum absolute atomic E-state index is 0.131. The number of rotatable bonds is 3. The van der Waals surface area contributed by atoms with Crippen molar-refractivity contribution in [2.45, 2.75) is 13.8 Å². The van der Waals surface area contributed by atoms with E-state index in [0.717, 1.165) is 37.4 Å². The molecule has 1 fully saturated rings. The SMILES string of the molecule is Cc1cccc(C)c1N1CCN(c2ccccc2C=C(C#N)C#N)CC1. The number of para-hydroxylation sites is 2. The lowest BCUT2D eigenvalue weighted by Crippen LogP contribution is -2.47. The van der Waals surface area contributed by atoms with Crippen molar-refractivity contribution in [2.24, 2.45) is 0 Å². The number of nitriles is 2. The maximum absolute atomic E-state index is 9.04. The van der Waals surface area contributed by atoms with Crippen molar-refractivity contribution in [1.29, 1.82) is 10.5 Å². The van der Waals surface area contributed by atoms with Gasteiger partial charge in [0.05, 0.1) is 0 Å². The number of nitrogens with zero attached hydrogens (tertiary/aromatic N) is 4. The third-order valence-electron chi connectivity index (χ3n) is 4.85. The Kier molecular flexibility index (Phi) is 5.25. The Morgan fingerprint density at radius 1 is 0.846 bits per heavy atom. The number of benzene rings is 2. The Balaban J connectivity index is 1.81. The fraction of sp³-hybridized carbons (Fsp3) is 0.273. The molecule has 4 nitrogen and oxygen atoms in total. The van der Waals surface area contributed by atoms with Crippen molar-refractivity contribution in [1.82, 2.24) is 0 Å². The zero-order valence-electron chi connectivity index (χ0n) is 15.2. The van der Waals surface area contributed by atoms with E-state index in [1.807, 2.05) is 30.3 Å². The molecule has 0 radical (unpaired) electrons. The van der Waals surface area contributed by atoms with Crippen LogP contribution in [-0.4, -0.2) is 26.2 Å². The molecule has 1 aliphatic rings.